The molecule has 1 fully saturated rings. The van der Waals surface area contributed by atoms with Gasteiger partial charge in [-0.1, -0.05) is 0 Å². The lowest BCUT2D eigenvalue weighted by molar-refractivity contribution is 0.584. The van der Waals surface area contributed by atoms with Crippen molar-refractivity contribution in [1.82, 2.24) is 15.5 Å². The smallest absolute Gasteiger partial charge is 0.151 e. The fourth-order valence-corrected chi connectivity index (χ4v) is 2.14. The van der Waals surface area contributed by atoms with Gasteiger partial charge < -0.3 is 10.2 Å². The number of aromatic nitrogens is 2. The lowest BCUT2D eigenvalue weighted by atomic mass is 10.1. The molecule has 0 aliphatic carbocycles. The number of nitrogens with one attached hydrogen (secondary N) is 2. The van der Waals surface area contributed by atoms with Crippen molar-refractivity contribution >= 4 is 5.82 Å². The first-order valence-corrected chi connectivity index (χ1v) is 6.10. The van der Waals surface area contributed by atoms with Crippen LogP contribution in [0, 0.1) is 5.82 Å². The maximum Gasteiger partial charge on any atom is 0.151 e. The van der Waals surface area contributed by atoms with E-state index in [-0.39, 0.29) is 5.82 Å². The summed E-state index contributed by atoms with van der Waals surface area (Å²) in [4.78, 5) is 2.24. The molecule has 94 valence electrons. The topological polar surface area (TPSA) is 44.0 Å². The summed E-state index contributed by atoms with van der Waals surface area (Å²) in [5.41, 5.74) is 1.87. The molecule has 2 N–H and O–H groups in total. The van der Waals surface area contributed by atoms with Crippen LogP contribution in [0.1, 0.15) is 0 Å². The van der Waals surface area contributed by atoms with Crippen molar-refractivity contribution in [2.45, 2.75) is 0 Å². The fraction of sp³-hybridized carbons (Fsp3) is 0.308. The van der Waals surface area contributed by atoms with Crippen molar-refractivity contribution < 1.29 is 4.39 Å². The largest absolute Gasteiger partial charge is 0.353 e. The minimum absolute atomic E-state index is 0.222. The molecule has 4 nitrogen and oxygen atoms in total. The lowest BCUT2D eigenvalue weighted by Crippen LogP contribution is -2.43. The predicted molar refractivity (Wildman–Crippen MR) is 69.1 cm³/mol. The van der Waals surface area contributed by atoms with Crippen LogP contribution in [0.3, 0.4) is 0 Å². The van der Waals surface area contributed by atoms with Crippen LogP contribution in [0.5, 0.6) is 0 Å². The van der Waals surface area contributed by atoms with Gasteiger partial charge in [0.2, 0.25) is 0 Å². The van der Waals surface area contributed by atoms with Crippen molar-refractivity contribution in [3.8, 4) is 11.3 Å². The highest BCUT2D eigenvalue weighted by molar-refractivity contribution is 5.63. The van der Waals surface area contributed by atoms with E-state index >= 15 is 0 Å². The third-order valence-corrected chi connectivity index (χ3v) is 3.16. The number of piperazine rings is 1. The third kappa shape index (κ3) is 2.22. The summed E-state index contributed by atoms with van der Waals surface area (Å²) < 4.78 is 12.9. The van der Waals surface area contributed by atoms with Crippen molar-refractivity contribution in [3.63, 3.8) is 0 Å². The second-order valence-corrected chi connectivity index (χ2v) is 4.38. The van der Waals surface area contributed by atoms with E-state index in [1.54, 1.807) is 12.1 Å². The lowest BCUT2D eigenvalue weighted by Gasteiger charge is -2.26. The van der Waals surface area contributed by atoms with Gasteiger partial charge >= 0.3 is 0 Å². The quantitative estimate of drug-likeness (QED) is 0.846. The van der Waals surface area contributed by atoms with Crippen LogP contribution in [-0.2, 0) is 0 Å². The van der Waals surface area contributed by atoms with E-state index < -0.39 is 0 Å². The molecule has 2 aromatic rings. The van der Waals surface area contributed by atoms with Gasteiger partial charge in [0.1, 0.15) is 5.82 Å². The highest BCUT2D eigenvalue weighted by Crippen LogP contribution is 2.22. The molecule has 1 aliphatic rings. The first-order valence-electron chi connectivity index (χ1n) is 6.10. The molecule has 0 radical (unpaired) electrons. The van der Waals surface area contributed by atoms with Crippen molar-refractivity contribution in [2.75, 3.05) is 31.1 Å². The van der Waals surface area contributed by atoms with E-state index in [2.05, 4.69) is 20.4 Å². The number of hydrogen-bond donors (Lipinski definition) is 2. The minimum atomic E-state index is -0.222. The second kappa shape index (κ2) is 4.78. The molecular formula is C13H15FN4. The molecule has 1 aromatic heterocycles. The fourth-order valence-electron chi connectivity index (χ4n) is 2.14. The van der Waals surface area contributed by atoms with E-state index in [9.17, 15) is 4.39 Å². The average Bonchev–Trinajstić information content (AvgIpc) is 2.90. The van der Waals surface area contributed by atoms with Gasteiger partial charge in [0.15, 0.2) is 5.82 Å². The van der Waals surface area contributed by atoms with Crippen LogP contribution in [0.4, 0.5) is 10.2 Å². The van der Waals surface area contributed by atoms with Gasteiger partial charge in [0, 0.05) is 32.2 Å². The molecule has 1 aromatic carbocycles. The van der Waals surface area contributed by atoms with Gasteiger partial charge in [-0.3, -0.25) is 5.10 Å². The zero-order chi connectivity index (χ0) is 12.4. The maximum absolute atomic E-state index is 12.9. The highest BCUT2D eigenvalue weighted by Gasteiger charge is 2.13. The summed E-state index contributed by atoms with van der Waals surface area (Å²) in [6.45, 7) is 3.90. The van der Waals surface area contributed by atoms with Gasteiger partial charge in [-0.15, -0.1) is 0 Å². The SMILES string of the molecule is Fc1ccc(-c2cc(N3CCNCC3)n[nH]2)cc1. The summed E-state index contributed by atoms with van der Waals surface area (Å²) in [7, 11) is 0. The molecular weight excluding hydrogens is 231 g/mol. The number of aromatic amines is 1. The van der Waals surface area contributed by atoms with Gasteiger partial charge in [0.05, 0.1) is 5.69 Å². The number of benzene rings is 1. The Morgan fingerprint density at radius 3 is 2.56 bits per heavy atom. The van der Waals surface area contributed by atoms with Crippen molar-refractivity contribution in [1.29, 1.82) is 0 Å². The van der Waals surface area contributed by atoms with Gasteiger partial charge in [-0.05, 0) is 29.8 Å². The summed E-state index contributed by atoms with van der Waals surface area (Å²) >= 11 is 0. The molecule has 0 unspecified atom stereocenters. The zero-order valence-corrected chi connectivity index (χ0v) is 9.99. The van der Waals surface area contributed by atoms with Crippen LogP contribution in [0.25, 0.3) is 11.3 Å². The molecule has 0 atom stereocenters. The minimum Gasteiger partial charge on any atom is -0.353 e. The first-order chi connectivity index (χ1) is 8.83. The van der Waals surface area contributed by atoms with Crippen LogP contribution < -0.4 is 10.2 Å². The number of rotatable bonds is 2. The van der Waals surface area contributed by atoms with Crippen LogP contribution in [0.2, 0.25) is 0 Å². The van der Waals surface area contributed by atoms with Crippen molar-refractivity contribution in [2.24, 2.45) is 0 Å². The Morgan fingerprint density at radius 1 is 1.11 bits per heavy atom. The molecule has 0 amide bonds. The van der Waals surface area contributed by atoms with E-state index in [0.717, 1.165) is 43.3 Å². The molecule has 1 aliphatic heterocycles. The van der Waals surface area contributed by atoms with Crippen LogP contribution in [-0.4, -0.2) is 36.4 Å². The molecule has 5 heteroatoms. The summed E-state index contributed by atoms with van der Waals surface area (Å²) in [6.07, 6.45) is 0. The Kier molecular flexibility index (Phi) is 2.98. The average molecular weight is 246 g/mol. The maximum atomic E-state index is 12.9. The summed E-state index contributed by atoms with van der Waals surface area (Å²) in [5.74, 6) is 0.733. The Hall–Kier alpha value is -1.88. The van der Waals surface area contributed by atoms with Crippen molar-refractivity contribution in [3.05, 3.63) is 36.1 Å². The molecule has 0 saturated carbocycles. The molecule has 3 rings (SSSR count). The molecule has 0 bridgehead atoms. The Morgan fingerprint density at radius 2 is 1.83 bits per heavy atom. The van der Waals surface area contributed by atoms with E-state index in [0.29, 0.717) is 0 Å². The Balaban J connectivity index is 1.82. The zero-order valence-electron chi connectivity index (χ0n) is 9.99. The number of hydrogen-bond acceptors (Lipinski definition) is 3. The molecule has 18 heavy (non-hydrogen) atoms. The molecule has 1 saturated heterocycles. The number of anilines is 1. The monoisotopic (exact) mass is 246 g/mol. The normalized spacial score (nSPS) is 15.9. The number of halogens is 1. The Labute approximate surface area is 105 Å². The van der Waals surface area contributed by atoms with Gasteiger partial charge in [-0.2, -0.15) is 5.10 Å². The standard InChI is InChI=1S/C13H15FN4/c14-11-3-1-10(2-4-11)12-9-13(17-16-12)18-7-5-15-6-8-18/h1-4,9,15H,5-8H2,(H,16,17). The highest BCUT2D eigenvalue weighted by atomic mass is 19.1. The van der Waals surface area contributed by atoms with E-state index in [1.807, 2.05) is 6.07 Å². The number of nitrogens with zero attached hydrogens (tertiary/aromatic N) is 2. The molecule has 2 heterocycles. The van der Waals surface area contributed by atoms with Gasteiger partial charge in [-0.25, -0.2) is 4.39 Å². The van der Waals surface area contributed by atoms with Crippen LogP contribution in [0.15, 0.2) is 30.3 Å². The first kappa shape index (κ1) is 11.2. The van der Waals surface area contributed by atoms with E-state index in [1.165, 1.54) is 12.1 Å². The summed E-state index contributed by atoms with van der Waals surface area (Å²) in [6, 6.07) is 8.44. The van der Waals surface area contributed by atoms with Crippen LogP contribution >= 0.6 is 0 Å². The third-order valence-electron chi connectivity index (χ3n) is 3.16. The second-order valence-electron chi connectivity index (χ2n) is 4.38. The Bertz CT molecular complexity index is 514. The predicted octanol–water partition coefficient (Wildman–Crippen LogP) is 1.63. The molecule has 0 spiro atoms. The summed E-state index contributed by atoms with van der Waals surface area (Å²) in [5, 5.41) is 10.6. The van der Waals surface area contributed by atoms with E-state index in [4.69, 9.17) is 0 Å². The van der Waals surface area contributed by atoms with Gasteiger partial charge in [0.25, 0.3) is 0 Å². The number of H-pyrrole nitrogens is 1.